The van der Waals surface area contributed by atoms with E-state index < -0.39 is 11.9 Å². The van der Waals surface area contributed by atoms with E-state index in [4.69, 9.17) is 5.73 Å². The molecule has 0 radical (unpaired) electrons. The number of benzene rings is 1. The predicted octanol–water partition coefficient (Wildman–Crippen LogP) is 1.52. The average Bonchev–Trinajstić information content (AvgIpc) is 2.51. The van der Waals surface area contributed by atoms with Gasteiger partial charge in [0.05, 0.1) is 0 Å². The third-order valence-electron chi connectivity index (χ3n) is 3.60. The number of hydrogen-bond acceptors (Lipinski definition) is 3. The highest BCUT2D eigenvalue weighted by Crippen LogP contribution is 2.12. The Bertz CT molecular complexity index is 684. The van der Waals surface area contributed by atoms with Crippen molar-refractivity contribution in [2.75, 3.05) is 0 Å². The minimum Gasteiger partial charge on any atom is -0.368 e. The summed E-state index contributed by atoms with van der Waals surface area (Å²) in [5.41, 5.74) is 9.14. The van der Waals surface area contributed by atoms with E-state index in [-0.39, 0.29) is 5.91 Å². The minimum atomic E-state index is -0.747. The molecule has 2 aromatic rings. The van der Waals surface area contributed by atoms with Gasteiger partial charge in [0.2, 0.25) is 5.91 Å². The average molecular weight is 297 g/mol. The topological polar surface area (TPSA) is 85.1 Å². The van der Waals surface area contributed by atoms with Crippen LogP contribution in [-0.2, 0) is 11.2 Å². The van der Waals surface area contributed by atoms with Crippen LogP contribution in [0.2, 0.25) is 0 Å². The zero-order chi connectivity index (χ0) is 16.1. The predicted molar refractivity (Wildman–Crippen MR) is 84.3 cm³/mol. The van der Waals surface area contributed by atoms with Crippen molar-refractivity contribution in [3.8, 4) is 0 Å². The number of aryl methyl sites for hydroxylation is 2. The summed E-state index contributed by atoms with van der Waals surface area (Å²) in [7, 11) is 0. The largest absolute Gasteiger partial charge is 0.368 e. The number of nitrogens with one attached hydrogen (secondary N) is 1. The highest BCUT2D eigenvalue weighted by atomic mass is 16.2. The standard InChI is InChI=1S/C17H19N3O2/c1-11-3-4-13(9-12(11)2)10-15(16(18)21)20-17(22)14-5-7-19-8-6-14/h3-9,15H,10H2,1-2H3,(H2,18,21)(H,20,22)/t15-/m1/s1. The van der Waals surface area contributed by atoms with E-state index in [9.17, 15) is 9.59 Å². The van der Waals surface area contributed by atoms with Gasteiger partial charge in [-0.05, 0) is 42.7 Å². The summed E-state index contributed by atoms with van der Waals surface area (Å²) in [6.07, 6.45) is 3.42. The van der Waals surface area contributed by atoms with Crippen molar-refractivity contribution in [1.29, 1.82) is 0 Å². The Morgan fingerprint density at radius 1 is 1.14 bits per heavy atom. The van der Waals surface area contributed by atoms with Crippen LogP contribution in [0.4, 0.5) is 0 Å². The number of carbonyl (C=O) groups is 2. The van der Waals surface area contributed by atoms with Gasteiger partial charge in [0.1, 0.15) is 6.04 Å². The number of rotatable bonds is 5. The fourth-order valence-corrected chi connectivity index (χ4v) is 2.13. The Morgan fingerprint density at radius 2 is 1.82 bits per heavy atom. The number of carbonyl (C=O) groups excluding carboxylic acids is 2. The second-order valence-corrected chi connectivity index (χ2v) is 5.29. The first-order valence-electron chi connectivity index (χ1n) is 7.03. The number of pyridine rings is 1. The number of primary amides is 1. The highest BCUT2D eigenvalue weighted by Gasteiger charge is 2.19. The van der Waals surface area contributed by atoms with Crippen molar-refractivity contribution < 1.29 is 9.59 Å². The van der Waals surface area contributed by atoms with Gasteiger partial charge in [-0.1, -0.05) is 18.2 Å². The highest BCUT2D eigenvalue weighted by molar-refractivity contribution is 5.97. The summed E-state index contributed by atoms with van der Waals surface area (Å²) in [6, 6.07) is 8.36. The molecular weight excluding hydrogens is 278 g/mol. The Kier molecular flexibility index (Phi) is 4.88. The molecule has 0 saturated heterocycles. The summed E-state index contributed by atoms with van der Waals surface area (Å²) in [5, 5.41) is 2.67. The molecule has 5 heteroatoms. The van der Waals surface area contributed by atoms with Gasteiger partial charge in [-0.2, -0.15) is 0 Å². The van der Waals surface area contributed by atoms with Crippen LogP contribution in [0, 0.1) is 13.8 Å². The van der Waals surface area contributed by atoms with Crippen molar-refractivity contribution >= 4 is 11.8 Å². The van der Waals surface area contributed by atoms with Gasteiger partial charge < -0.3 is 11.1 Å². The van der Waals surface area contributed by atoms with E-state index in [1.54, 1.807) is 12.1 Å². The molecule has 0 aliphatic rings. The normalized spacial score (nSPS) is 11.7. The maximum absolute atomic E-state index is 12.1. The van der Waals surface area contributed by atoms with E-state index in [1.165, 1.54) is 18.0 Å². The number of nitrogens with two attached hydrogens (primary N) is 1. The van der Waals surface area contributed by atoms with Crippen LogP contribution < -0.4 is 11.1 Å². The van der Waals surface area contributed by atoms with Gasteiger partial charge in [-0.15, -0.1) is 0 Å². The molecule has 22 heavy (non-hydrogen) atoms. The molecule has 0 saturated carbocycles. The second kappa shape index (κ2) is 6.85. The molecule has 1 aromatic heterocycles. The molecular formula is C17H19N3O2. The molecule has 3 N–H and O–H groups in total. The lowest BCUT2D eigenvalue weighted by atomic mass is 10.0. The lowest BCUT2D eigenvalue weighted by molar-refractivity contribution is -0.119. The Morgan fingerprint density at radius 3 is 2.41 bits per heavy atom. The molecule has 2 rings (SSSR count). The van der Waals surface area contributed by atoms with E-state index in [0.29, 0.717) is 12.0 Å². The molecule has 5 nitrogen and oxygen atoms in total. The molecule has 1 aromatic carbocycles. The van der Waals surface area contributed by atoms with Gasteiger partial charge in [0, 0.05) is 24.4 Å². The summed E-state index contributed by atoms with van der Waals surface area (Å²) in [5.74, 6) is -0.893. The molecule has 0 aliphatic heterocycles. The molecule has 0 spiro atoms. The van der Waals surface area contributed by atoms with Gasteiger partial charge in [0.15, 0.2) is 0 Å². The molecule has 1 heterocycles. The monoisotopic (exact) mass is 297 g/mol. The van der Waals surface area contributed by atoms with Crippen molar-refractivity contribution in [3.05, 3.63) is 65.0 Å². The summed E-state index contributed by atoms with van der Waals surface area (Å²) in [4.78, 5) is 27.6. The lowest BCUT2D eigenvalue weighted by Gasteiger charge is -2.16. The van der Waals surface area contributed by atoms with Crippen LogP contribution in [0.3, 0.4) is 0 Å². The fraction of sp³-hybridized carbons (Fsp3) is 0.235. The van der Waals surface area contributed by atoms with Crippen LogP contribution in [0.5, 0.6) is 0 Å². The van der Waals surface area contributed by atoms with Crippen LogP contribution in [0.25, 0.3) is 0 Å². The van der Waals surface area contributed by atoms with Crippen molar-refractivity contribution in [3.63, 3.8) is 0 Å². The number of amides is 2. The first-order chi connectivity index (χ1) is 10.5. The van der Waals surface area contributed by atoms with E-state index in [1.807, 2.05) is 32.0 Å². The van der Waals surface area contributed by atoms with Crippen LogP contribution in [-0.4, -0.2) is 22.8 Å². The number of nitrogens with zero attached hydrogens (tertiary/aromatic N) is 1. The molecule has 2 amide bonds. The SMILES string of the molecule is Cc1ccc(C[C@@H](NC(=O)c2ccncc2)C(N)=O)cc1C. The summed E-state index contributed by atoms with van der Waals surface area (Å²) in [6.45, 7) is 4.03. The van der Waals surface area contributed by atoms with Crippen molar-refractivity contribution in [1.82, 2.24) is 10.3 Å². The molecule has 114 valence electrons. The van der Waals surface area contributed by atoms with E-state index in [0.717, 1.165) is 11.1 Å². The van der Waals surface area contributed by atoms with E-state index >= 15 is 0 Å². The van der Waals surface area contributed by atoms with Crippen molar-refractivity contribution in [2.24, 2.45) is 5.73 Å². The van der Waals surface area contributed by atoms with Crippen LogP contribution in [0.15, 0.2) is 42.7 Å². The Balaban J connectivity index is 2.12. The number of hydrogen-bond donors (Lipinski definition) is 2. The third kappa shape index (κ3) is 3.91. The molecule has 0 fully saturated rings. The maximum atomic E-state index is 12.1. The van der Waals surface area contributed by atoms with Gasteiger partial charge in [-0.3, -0.25) is 14.6 Å². The fourth-order valence-electron chi connectivity index (χ4n) is 2.13. The van der Waals surface area contributed by atoms with E-state index in [2.05, 4.69) is 10.3 Å². The lowest BCUT2D eigenvalue weighted by Crippen LogP contribution is -2.45. The molecule has 0 aliphatic carbocycles. The number of aromatic nitrogens is 1. The van der Waals surface area contributed by atoms with Crippen LogP contribution >= 0.6 is 0 Å². The smallest absolute Gasteiger partial charge is 0.252 e. The van der Waals surface area contributed by atoms with Crippen molar-refractivity contribution in [2.45, 2.75) is 26.3 Å². The zero-order valence-corrected chi connectivity index (χ0v) is 12.7. The summed E-state index contributed by atoms with van der Waals surface area (Å²) < 4.78 is 0. The quantitative estimate of drug-likeness (QED) is 0.877. The van der Waals surface area contributed by atoms with Gasteiger partial charge in [-0.25, -0.2) is 0 Å². The third-order valence-corrected chi connectivity index (χ3v) is 3.60. The van der Waals surface area contributed by atoms with Crippen LogP contribution in [0.1, 0.15) is 27.0 Å². The minimum absolute atomic E-state index is 0.338. The Hall–Kier alpha value is -2.69. The molecule has 1 atom stereocenters. The maximum Gasteiger partial charge on any atom is 0.252 e. The van der Waals surface area contributed by atoms with Gasteiger partial charge in [0.25, 0.3) is 5.91 Å². The summed E-state index contributed by atoms with van der Waals surface area (Å²) >= 11 is 0. The van der Waals surface area contributed by atoms with Gasteiger partial charge >= 0.3 is 0 Å². The zero-order valence-electron chi connectivity index (χ0n) is 12.7. The first kappa shape index (κ1) is 15.7. The molecule has 0 bridgehead atoms. The molecule has 0 unspecified atom stereocenters. The first-order valence-corrected chi connectivity index (χ1v) is 7.03. The second-order valence-electron chi connectivity index (χ2n) is 5.29. The Labute approximate surface area is 129 Å².